The predicted molar refractivity (Wildman–Crippen MR) is 101 cm³/mol. The Kier molecular flexibility index (Phi) is 6.50. The number of anilines is 1. The zero-order valence-corrected chi connectivity index (χ0v) is 16.0. The first-order valence-corrected chi connectivity index (χ1v) is 7.63. The largest absolute Gasteiger partial charge is 0.573 e. The Bertz CT molecular complexity index is 823. The van der Waals surface area contributed by atoms with Crippen LogP contribution in [-0.4, -0.2) is 18.4 Å². The molecule has 0 saturated heterocycles. The van der Waals surface area contributed by atoms with Crippen molar-refractivity contribution in [3.05, 3.63) is 59.7 Å². The van der Waals surface area contributed by atoms with Gasteiger partial charge in [-0.3, -0.25) is 0 Å². The fraction of sp³-hybridized carbons (Fsp3) is 0.235. The molecule has 2 aromatic carbocycles. The Labute approximate surface area is 168 Å². The molecule has 0 aliphatic heterocycles. The summed E-state index contributed by atoms with van der Waals surface area (Å²) in [7, 11) is 0. The van der Waals surface area contributed by atoms with Crippen LogP contribution in [0.2, 0.25) is 0 Å². The molecule has 3 N–H and O–H groups in total. The van der Waals surface area contributed by atoms with E-state index in [9.17, 15) is 22.0 Å². The second kappa shape index (κ2) is 8.28. The van der Waals surface area contributed by atoms with E-state index in [1.807, 2.05) is 0 Å². The monoisotopic (exact) mass is 499 g/mol. The Morgan fingerprint density at radius 3 is 2.33 bits per heavy atom. The van der Waals surface area contributed by atoms with Gasteiger partial charge in [-0.25, -0.2) is 13.8 Å². The summed E-state index contributed by atoms with van der Waals surface area (Å²) in [5.74, 6) is -2.43. The van der Waals surface area contributed by atoms with Crippen LogP contribution in [-0.2, 0) is 0 Å². The van der Waals surface area contributed by atoms with E-state index in [0.717, 1.165) is 18.2 Å². The maximum Gasteiger partial charge on any atom is 0.573 e. The van der Waals surface area contributed by atoms with Crippen LogP contribution in [0.15, 0.2) is 47.5 Å². The van der Waals surface area contributed by atoms with Crippen molar-refractivity contribution in [3.63, 3.8) is 0 Å². The zero-order chi connectivity index (χ0) is 18.9. The average Bonchev–Trinajstić information content (AvgIpc) is 3.26. The van der Waals surface area contributed by atoms with E-state index < -0.39 is 35.7 Å². The predicted octanol–water partition coefficient (Wildman–Crippen LogP) is 4.76. The second-order valence-corrected chi connectivity index (χ2v) is 5.73. The van der Waals surface area contributed by atoms with Crippen molar-refractivity contribution in [2.45, 2.75) is 24.7 Å². The third-order valence-electron chi connectivity index (χ3n) is 3.81. The van der Waals surface area contributed by atoms with Gasteiger partial charge in [-0.15, -0.1) is 37.1 Å². The lowest BCUT2D eigenvalue weighted by molar-refractivity contribution is -0.274. The molecule has 2 unspecified atom stereocenters. The molecule has 1 fully saturated rings. The SMILES string of the molecule is I.NC(=NC1CC1c1c(F)cccc1F)Nc1ccccc1OC(F)(F)F. The van der Waals surface area contributed by atoms with Gasteiger partial charge < -0.3 is 15.8 Å². The molecule has 1 aliphatic rings. The number of nitrogens with two attached hydrogens (primary N) is 1. The molecule has 0 heterocycles. The van der Waals surface area contributed by atoms with Crippen molar-refractivity contribution < 1.29 is 26.7 Å². The first-order valence-electron chi connectivity index (χ1n) is 7.63. The summed E-state index contributed by atoms with van der Waals surface area (Å²) in [6.07, 6.45) is -4.46. The van der Waals surface area contributed by atoms with Gasteiger partial charge >= 0.3 is 6.36 Å². The highest BCUT2D eigenvalue weighted by Crippen LogP contribution is 2.45. The lowest BCUT2D eigenvalue weighted by atomic mass is 10.1. The molecule has 27 heavy (non-hydrogen) atoms. The van der Waals surface area contributed by atoms with Gasteiger partial charge in [-0.2, -0.15) is 0 Å². The lowest BCUT2D eigenvalue weighted by Crippen LogP contribution is -2.25. The molecule has 2 atom stereocenters. The van der Waals surface area contributed by atoms with Crippen LogP contribution in [0.5, 0.6) is 5.75 Å². The van der Waals surface area contributed by atoms with Crippen LogP contribution in [0.1, 0.15) is 17.9 Å². The van der Waals surface area contributed by atoms with E-state index in [-0.39, 0.29) is 41.2 Å². The minimum atomic E-state index is -4.85. The number of hydrogen-bond acceptors (Lipinski definition) is 2. The highest BCUT2D eigenvalue weighted by atomic mass is 127. The normalized spacial score (nSPS) is 19.2. The van der Waals surface area contributed by atoms with Crippen molar-refractivity contribution in [2.24, 2.45) is 10.7 Å². The highest BCUT2D eigenvalue weighted by Gasteiger charge is 2.42. The number of nitrogens with one attached hydrogen (secondary N) is 1. The number of rotatable bonds is 4. The van der Waals surface area contributed by atoms with Crippen LogP contribution in [0.4, 0.5) is 27.6 Å². The summed E-state index contributed by atoms with van der Waals surface area (Å²) < 4.78 is 68.6. The van der Waals surface area contributed by atoms with Crippen molar-refractivity contribution in [2.75, 3.05) is 5.32 Å². The first-order chi connectivity index (χ1) is 12.2. The van der Waals surface area contributed by atoms with Crippen molar-refractivity contribution in [1.29, 1.82) is 0 Å². The third kappa shape index (κ3) is 5.44. The van der Waals surface area contributed by atoms with Gasteiger partial charge in [0.05, 0.1) is 11.7 Å². The summed E-state index contributed by atoms with van der Waals surface area (Å²) in [4.78, 5) is 4.07. The molecule has 2 aromatic rings. The van der Waals surface area contributed by atoms with Gasteiger partial charge in [0.2, 0.25) is 0 Å². The topological polar surface area (TPSA) is 59.6 Å². The lowest BCUT2D eigenvalue weighted by Gasteiger charge is -2.14. The smallest absolute Gasteiger partial charge is 0.404 e. The van der Waals surface area contributed by atoms with E-state index in [0.29, 0.717) is 6.42 Å². The second-order valence-electron chi connectivity index (χ2n) is 5.73. The van der Waals surface area contributed by atoms with Crippen molar-refractivity contribution in [3.8, 4) is 5.75 Å². The first kappa shape index (κ1) is 21.2. The molecule has 4 nitrogen and oxygen atoms in total. The van der Waals surface area contributed by atoms with Gasteiger partial charge in [0, 0.05) is 11.5 Å². The molecule has 0 radical (unpaired) electrons. The Morgan fingerprint density at radius 1 is 1.07 bits per heavy atom. The van der Waals surface area contributed by atoms with Crippen LogP contribution in [0, 0.1) is 11.6 Å². The van der Waals surface area contributed by atoms with Gasteiger partial charge in [0.15, 0.2) is 11.7 Å². The molecule has 0 amide bonds. The van der Waals surface area contributed by atoms with Gasteiger partial charge in [0.25, 0.3) is 0 Å². The molecule has 10 heteroatoms. The summed E-state index contributed by atoms with van der Waals surface area (Å²) in [5, 5.41) is 2.52. The average molecular weight is 499 g/mol. The number of hydrogen-bond donors (Lipinski definition) is 2. The van der Waals surface area contributed by atoms with Crippen molar-refractivity contribution >= 4 is 35.6 Å². The number of alkyl halides is 3. The standard InChI is InChI=1S/C17H14F5N3O.HI/c18-10-4-3-5-11(19)15(10)9-8-13(9)25-16(23)24-12-6-1-2-7-14(12)26-17(20,21)22;/h1-7,9,13H,8H2,(H3,23,24,25);1H. The number of nitrogens with zero attached hydrogens (tertiary/aromatic N) is 1. The number of guanidine groups is 1. The van der Waals surface area contributed by atoms with E-state index in [1.165, 1.54) is 24.3 Å². The quantitative estimate of drug-likeness (QED) is 0.276. The molecule has 0 aromatic heterocycles. The molecular formula is C17H15F5IN3O. The van der Waals surface area contributed by atoms with E-state index in [4.69, 9.17) is 5.73 Å². The van der Waals surface area contributed by atoms with Crippen LogP contribution in [0.3, 0.4) is 0 Å². The molecule has 1 aliphatic carbocycles. The van der Waals surface area contributed by atoms with E-state index in [2.05, 4.69) is 15.0 Å². The highest BCUT2D eigenvalue weighted by molar-refractivity contribution is 14.0. The maximum atomic E-state index is 13.8. The van der Waals surface area contributed by atoms with Gasteiger partial charge in [0.1, 0.15) is 11.6 Å². The Morgan fingerprint density at radius 2 is 1.70 bits per heavy atom. The number of benzene rings is 2. The fourth-order valence-corrected chi connectivity index (χ4v) is 2.63. The maximum absolute atomic E-state index is 13.8. The zero-order valence-electron chi connectivity index (χ0n) is 13.6. The minimum Gasteiger partial charge on any atom is -0.404 e. The van der Waals surface area contributed by atoms with Gasteiger partial charge in [-0.1, -0.05) is 18.2 Å². The number of para-hydroxylation sites is 2. The Hall–Kier alpha value is -2.11. The van der Waals surface area contributed by atoms with Crippen LogP contribution in [0.25, 0.3) is 0 Å². The molecule has 1 saturated carbocycles. The molecule has 0 bridgehead atoms. The minimum absolute atomic E-state index is 0. The molecule has 146 valence electrons. The molecule has 0 spiro atoms. The van der Waals surface area contributed by atoms with E-state index >= 15 is 0 Å². The fourth-order valence-electron chi connectivity index (χ4n) is 2.63. The summed E-state index contributed by atoms with van der Waals surface area (Å²) in [6, 6.07) is 8.45. The number of ether oxygens (including phenoxy) is 1. The van der Waals surface area contributed by atoms with E-state index in [1.54, 1.807) is 0 Å². The summed E-state index contributed by atoms with van der Waals surface area (Å²) in [6.45, 7) is 0. The van der Waals surface area contributed by atoms with Crippen molar-refractivity contribution in [1.82, 2.24) is 0 Å². The van der Waals surface area contributed by atoms with Gasteiger partial charge in [-0.05, 0) is 30.7 Å². The number of aliphatic imine (C=N–C) groups is 1. The number of halogens is 6. The van der Waals surface area contributed by atoms with Crippen LogP contribution < -0.4 is 15.8 Å². The Balaban J connectivity index is 0.00000261. The van der Waals surface area contributed by atoms with Crippen LogP contribution >= 0.6 is 24.0 Å². The summed E-state index contributed by atoms with van der Waals surface area (Å²) in [5.41, 5.74) is 5.62. The third-order valence-corrected chi connectivity index (χ3v) is 3.81. The molecule has 3 rings (SSSR count). The summed E-state index contributed by atoms with van der Waals surface area (Å²) >= 11 is 0. The molecular weight excluding hydrogens is 484 g/mol.